The van der Waals surface area contributed by atoms with Gasteiger partial charge in [0, 0.05) is 18.3 Å². The molecule has 0 spiro atoms. The largest absolute Gasteiger partial charge is 0.303 e. The Bertz CT molecular complexity index is 466. The molecule has 0 aliphatic rings. The Labute approximate surface area is 97.0 Å². The number of rotatable bonds is 3. The fourth-order valence-corrected chi connectivity index (χ4v) is 1.88. The van der Waals surface area contributed by atoms with E-state index in [1.165, 1.54) is 11.3 Å². The molecule has 0 atom stereocenters. The van der Waals surface area contributed by atoms with Crippen LogP contribution in [0.3, 0.4) is 0 Å². The second-order valence-corrected chi connectivity index (χ2v) is 4.25. The van der Waals surface area contributed by atoms with Crippen LogP contribution in [0.4, 0.5) is 0 Å². The zero-order valence-corrected chi connectivity index (χ0v) is 10.2. The van der Waals surface area contributed by atoms with Gasteiger partial charge in [-0.05, 0) is 32.4 Å². The van der Waals surface area contributed by atoms with Crippen LogP contribution < -0.4 is 0 Å². The van der Waals surface area contributed by atoms with Crippen molar-refractivity contribution in [2.45, 2.75) is 33.6 Å². The van der Waals surface area contributed by atoms with Crippen molar-refractivity contribution in [3.63, 3.8) is 0 Å². The van der Waals surface area contributed by atoms with Gasteiger partial charge in [-0.3, -0.25) is 0 Å². The third-order valence-corrected chi connectivity index (χ3v) is 2.69. The van der Waals surface area contributed by atoms with Crippen molar-refractivity contribution < 1.29 is 0 Å². The maximum Gasteiger partial charge on any atom is 0.113 e. The summed E-state index contributed by atoms with van der Waals surface area (Å²) in [5, 5.41) is 0. The molecule has 0 bridgehead atoms. The molecule has 2 rings (SSSR count). The van der Waals surface area contributed by atoms with E-state index < -0.39 is 0 Å². The molecule has 0 aliphatic heterocycles. The number of benzene rings is 1. The van der Waals surface area contributed by atoms with E-state index in [-0.39, 0.29) is 0 Å². The van der Waals surface area contributed by atoms with Crippen LogP contribution in [0, 0.1) is 13.8 Å². The first-order valence-electron chi connectivity index (χ1n) is 5.82. The van der Waals surface area contributed by atoms with Crippen LogP contribution >= 0.6 is 0 Å². The van der Waals surface area contributed by atoms with Crippen molar-refractivity contribution in [3.8, 4) is 5.69 Å². The number of aromatic nitrogens is 2. The lowest BCUT2D eigenvalue weighted by Gasteiger charge is -2.07. The quantitative estimate of drug-likeness (QED) is 0.765. The number of imidazole rings is 1. The van der Waals surface area contributed by atoms with E-state index in [1.54, 1.807) is 0 Å². The Hall–Kier alpha value is -1.57. The Morgan fingerprint density at radius 3 is 2.44 bits per heavy atom. The van der Waals surface area contributed by atoms with Crippen molar-refractivity contribution >= 4 is 0 Å². The van der Waals surface area contributed by atoms with Crippen molar-refractivity contribution in [3.05, 3.63) is 47.5 Å². The fraction of sp³-hybridized carbons (Fsp3) is 0.357. The minimum atomic E-state index is 1.03. The Kier molecular flexibility index (Phi) is 3.09. The van der Waals surface area contributed by atoms with Crippen LogP contribution in [0.25, 0.3) is 5.69 Å². The van der Waals surface area contributed by atoms with Gasteiger partial charge in [0.1, 0.15) is 5.82 Å². The molecular weight excluding hydrogens is 196 g/mol. The highest BCUT2D eigenvalue weighted by atomic mass is 15.1. The van der Waals surface area contributed by atoms with Crippen LogP contribution in [-0.2, 0) is 6.42 Å². The smallest absolute Gasteiger partial charge is 0.113 e. The zero-order valence-electron chi connectivity index (χ0n) is 10.2. The summed E-state index contributed by atoms with van der Waals surface area (Å²) in [5.74, 6) is 1.16. The molecule has 0 saturated carbocycles. The Balaban J connectivity index is 2.42. The van der Waals surface area contributed by atoms with Gasteiger partial charge in [-0.15, -0.1) is 0 Å². The average molecular weight is 214 g/mol. The first kappa shape index (κ1) is 10.9. The number of hydrogen-bond donors (Lipinski definition) is 0. The summed E-state index contributed by atoms with van der Waals surface area (Å²) < 4.78 is 2.19. The molecule has 0 fully saturated rings. The third-order valence-electron chi connectivity index (χ3n) is 2.69. The van der Waals surface area contributed by atoms with Crippen molar-refractivity contribution in [2.75, 3.05) is 0 Å². The molecule has 1 aromatic carbocycles. The minimum Gasteiger partial charge on any atom is -0.303 e. The van der Waals surface area contributed by atoms with Gasteiger partial charge < -0.3 is 4.57 Å². The molecule has 2 aromatic rings. The molecule has 1 aromatic heterocycles. The predicted molar refractivity (Wildman–Crippen MR) is 67.0 cm³/mol. The van der Waals surface area contributed by atoms with Gasteiger partial charge in [0.05, 0.1) is 5.69 Å². The Morgan fingerprint density at radius 1 is 1.12 bits per heavy atom. The summed E-state index contributed by atoms with van der Waals surface area (Å²) in [7, 11) is 0. The molecule has 0 saturated heterocycles. The molecule has 0 aliphatic carbocycles. The topological polar surface area (TPSA) is 17.8 Å². The molecule has 2 heteroatoms. The molecule has 0 unspecified atom stereocenters. The molecule has 84 valence electrons. The normalized spacial score (nSPS) is 10.7. The molecule has 16 heavy (non-hydrogen) atoms. The van der Waals surface area contributed by atoms with E-state index in [0.29, 0.717) is 0 Å². The standard InChI is InChI=1S/C14H18N2/c1-4-5-14-15-12(3)10-16(14)13-8-6-11(2)7-9-13/h6-10H,4-5H2,1-3H3. The second kappa shape index (κ2) is 4.52. The maximum absolute atomic E-state index is 4.56. The maximum atomic E-state index is 4.56. The monoisotopic (exact) mass is 214 g/mol. The van der Waals surface area contributed by atoms with Gasteiger partial charge in [0.2, 0.25) is 0 Å². The summed E-state index contributed by atoms with van der Waals surface area (Å²) in [5.41, 5.74) is 3.58. The highest BCUT2D eigenvalue weighted by Gasteiger charge is 2.05. The van der Waals surface area contributed by atoms with Gasteiger partial charge in [-0.1, -0.05) is 24.6 Å². The van der Waals surface area contributed by atoms with Gasteiger partial charge in [0.15, 0.2) is 0 Å². The van der Waals surface area contributed by atoms with Crippen LogP contribution in [0.5, 0.6) is 0 Å². The van der Waals surface area contributed by atoms with E-state index in [4.69, 9.17) is 0 Å². The van der Waals surface area contributed by atoms with Gasteiger partial charge in [-0.2, -0.15) is 0 Å². The van der Waals surface area contributed by atoms with Crippen LogP contribution in [0.2, 0.25) is 0 Å². The highest BCUT2D eigenvalue weighted by molar-refractivity contribution is 5.36. The van der Waals surface area contributed by atoms with Crippen molar-refractivity contribution in [1.29, 1.82) is 0 Å². The lowest BCUT2D eigenvalue weighted by atomic mass is 10.2. The van der Waals surface area contributed by atoms with Gasteiger partial charge in [-0.25, -0.2) is 4.98 Å². The SMILES string of the molecule is CCCc1nc(C)cn1-c1ccc(C)cc1. The first-order valence-corrected chi connectivity index (χ1v) is 5.82. The van der Waals surface area contributed by atoms with E-state index >= 15 is 0 Å². The first-order chi connectivity index (χ1) is 7.70. The predicted octanol–water partition coefficient (Wildman–Crippen LogP) is 3.44. The molecule has 0 amide bonds. The van der Waals surface area contributed by atoms with E-state index in [9.17, 15) is 0 Å². The van der Waals surface area contributed by atoms with Crippen LogP contribution in [0.15, 0.2) is 30.5 Å². The summed E-state index contributed by atoms with van der Waals surface area (Å²) in [6, 6.07) is 8.58. The summed E-state index contributed by atoms with van der Waals surface area (Å²) in [6.07, 6.45) is 4.26. The lowest BCUT2D eigenvalue weighted by Crippen LogP contribution is -1.99. The van der Waals surface area contributed by atoms with Gasteiger partial charge in [0.25, 0.3) is 0 Å². The number of nitrogens with zero attached hydrogens (tertiary/aromatic N) is 2. The highest BCUT2D eigenvalue weighted by Crippen LogP contribution is 2.14. The summed E-state index contributed by atoms with van der Waals surface area (Å²) in [6.45, 7) is 6.34. The van der Waals surface area contributed by atoms with E-state index in [0.717, 1.165) is 24.4 Å². The number of aryl methyl sites for hydroxylation is 3. The van der Waals surface area contributed by atoms with Gasteiger partial charge >= 0.3 is 0 Å². The van der Waals surface area contributed by atoms with Crippen LogP contribution in [0.1, 0.15) is 30.4 Å². The van der Waals surface area contributed by atoms with Crippen LogP contribution in [-0.4, -0.2) is 9.55 Å². The molecular formula is C14H18N2. The lowest BCUT2D eigenvalue weighted by molar-refractivity contribution is 0.808. The fourth-order valence-electron chi connectivity index (χ4n) is 1.88. The summed E-state index contributed by atoms with van der Waals surface area (Å²) in [4.78, 5) is 4.56. The molecule has 2 nitrogen and oxygen atoms in total. The minimum absolute atomic E-state index is 1.03. The number of hydrogen-bond acceptors (Lipinski definition) is 1. The van der Waals surface area contributed by atoms with Crippen molar-refractivity contribution in [1.82, 2.24) is 9.55 Å². The second-order valence-electron chi connectivity index (χ2n) is 4.25. The molecule has 0 radical (unpaired) electrons. The molecule has 0 N–H and O–H groups in total. The average Bonchev–Trinajstić information content (AvgIpc) is 2.61. The van der Waals surface area contributed by atoms with E-state index in [1.807, 2.05) is 6.92 Å². The zero-order chi connectivity index (χ0) is 11.5. The van der Waals surface area contributed by atoms with Crippen molar-refractivity contribution in [2.24, 2.45) is 0 Å². The summed E-state index contributed by atoms with van der Waals surface area (Å²) >= 11 is 0. The Morgan fingerprint density at radius 2 is 1.81 bits per heavy atom. The van der Waals surface area contributed by atoms with E-state index in [2.05, 4.69) is 53.9 Å². The third kappa shape index (κ3) is 2.16. The molecule has 1 heterocycles.